The fourth-order valence-corrected chi connectivity index (χ4v) is 4.14. The van der Waals surface area contributed by atoms with Crippen LogP contribution in [0.3, 0.4) is 0 Å². The van der Waals surface area contributed by atoms with E-state index in [0.29, 0.717) is 0 Å². The number of hydrogen-bond acceptors (Lipinski definition) is 12. The summed E-state index contributed by atoms with van der Waals surface area (Å²) in [5.41, 5.74) is 0.0483. The average molecular weight is 491 g/mol. The highest BCUT2D eigenvalue weighted by atomic mass is 16.7. The Kier molecular flexibility index (Phi) is 7.40. The number of fused-ring (bicyclic) bond motifs is 1. The van der Waals surface area contributed by atoms with Crippen molar-refractivity contribution in [2.24, 2.45) is 0 Å². The molecule has 1 aromatic heterocycles. The van der Waals surface area contributed by atoms with Gasteiger partial charge in [-0.2, -0.15) is 0 Å². The van der Waals surface area contributed by atoms with E-state index in [1.807, 2.05) is 30.3 Å². The minimum absolute atomic E-state index is 0.114. The van der Waals surface area contributed by atoms with E-state index in [4.69, 9.17) is 33.2 Å². The molecule has 2 fully saturated rings. The topological polar surface area (TPSA) is 147 Å². The molecule has 2 saturated heterocycles. The van der Waals surface area contributed by atoms with Crippen molar-refractivity contribution in [1.82, 2.24) is 15.0 Å². The molecule has 35 heavy (non-hydrogen) atoms. The second-order valence-corrected chi connectivity index (χ2v) is 7.73. The van der Waals surface area contributed by atoms with Crippen LogP contribution in [0.2, 0.25) is 0 Å². The number of carbonyl (C=O) groups excluding carboxylic acids is 3. The fourth-order valence-electron chi connectivity index (χ4n) is 4.14. The Morgan fingerprint density at radius 1 is 1.03 bits per heavy atom. The molecule has 0 aliphatic carbocycles. The van der Waals surface area contributed by atoms with E-state index in [0.717, 1.165) is 24.5 Å². The molecule has 0 saturated carbocycles. The summed E-state index contributed by atoms with van der Waals surface area (Å²) in [4.78, 5) is 37.0. The summed E-state index contributed by atoms with van der Waals surface area (Å²) in [6.45, 7) is 1.35. The maximum Gasteiger partial charge on any atom is 0.361 e. The Balaban J connectivity index is 1.78. The predicted octanol–water partition coefficient (Wildman–Crippen LogP) is 0.810. The van der Waals surface area contributed by atoms with Crippen LogP contribution in [0.4, 0.5) is 0 Å². The minimum atomic E-state index is -1.09. The quantitative estimate of drug-likeness (QED) is 0.416. The Morgan fingerprint density at radius 3 is 2.37 bits per heavy atom. The van der Waals surface area contributed by atoms with Crippen molar-refractivity contribution in [1.29, 1.82) is 0 Å². The standard InChI is InChI=1S/C22H25N3O10/c1-11(26)33-18-16(25-15(20(28)30-3)14(23-24-25)19(27)29-2)22(31-4)34-13-10-32-21(35-17(13)18)12-8-6-5-7-9-12/h5-9,13,16-18,21-22H,10H2,1-4H3/t13-,16+,17-,18+,21+,22+/m1/s1. The van der Waals surface area contributed by atoms with E-state index in [1.54, 1.807) is 0 Å². The van der Waals surface area contributed by atoms with Crippen molar-refractivity contribution in [2.45, 2.75) is 43.9 Å². The number of aromatic nitrogens is 3. The molecule has 13 nitrogen and oxygen atoms in total. The molecule has 0 N–H and O–H groups in total. The van der Waals surface area contributed by atoms with Crippen LogP contribution in [0.1, 0.15) is 45.8 Å². The van der Waals surface area contributed by atoms with Gasteiger partial charge in [0.2, 0.25) is 5.69 Å². The highest BCUT2D eigenvalue weighted by molar-refractivity contribution is 6.00. The minimum Gasteiger partial charge on any atom is -0.464 e. The number of rotatable bonds is 6. The van der Waals surface area contributed by atoms with Gasteiger partial charge in [0.05, 0.1) is 20.8 Å². The van der Waals surface area contributed by atoms with Crippen molar-refractivity contribution in [3.8, 4) is 0 Å². The molecule has 0 amide bonds. The zero-order chi connectivity index (χ0) is 25.1. The zero-order valence-electron chi connectivity index (χ0n) is 19.5. The van der Waals surface area contributed by atoms with Crippen molar-refractivity contribution in [2.75, 3.05) is 27.9 Å². The molecule has 13 heteroatoms. The maximum absolute atomic E-state index is 12.7. The Morgan fingerprint density at radius 2 is 1.74 bits per heavy atom. The highest BCUT2D eigenvalue weighted by Crippen LogP contribution is 2.40. The first-order valence-corrected chi connectivity index (χ1v) is 10.7. The molecule has 0 spiro atoms. The fraction of sp³-hybridized carbons (Fsp3) is 0.500. The molecule has 0 radical (unpaired) electrons. The smallest absolute Gasteiger partial charge is 0.361 e. The highest BCUT2D eigenvalue weighted by Gasteiger charge is 2.54. The Bertz CT molecular complexity index is 1070. The summed E-state index contributed by atoms with van der Waals surface area (Å²) in [7, 11) is 3.64. The third-order valence-electron chi connectivity index (χ3n) is 5.65. The van der Waals surface area contributed by atoms with E-state index < -0.39 is 54.8 Å². The van der Waals surface area contributed by atoms with Gasteiger partial charge in [0.15, 0.2) is 24.4 Å². The van der Waals surface area contributed by atoms with Crippen molar-refractivity contribution < 1.29 is 47.5 Å². The van der Waals surface area contributed by atoms with Gasteiger partial charge in [-0.3, -0.25) is 4.79 Å². The largest absolute Gasteiger partial charge is 0.464 e. The molecule has 4 rings (SSSR count). The second kappa shape index (κ2) is 10.5. The number of methoxy groups -OCH3 is 3. The van der Waals surface area contributed by atoms with Crippen LogP contribution in [0, 0.1) is 0 Å². The molecular weight excluding hydrogens is 466 g/mol. The summed E-state index contributed by atoms with van der Waals surface area (Å²) in [6, 6.07) is 8.12. The number of carbonyl (C=O) groups is 3. The van der Waals surface area contributed by atoms with Crippen molar-refractivity contribution in [3.05, 3.63) is 47.3 Å². The van der Waals surface area contributed by atoms with Crippen LogP contribution >= 0.6 is 0 Å². The average Bonchev–Trinajstić information content (AvgIpc) is 3.32. The predicted molar refractivity (Wildman–Crippen MR) is 113 cm³/mol. The van der Waals surface area contributed by atoms with E-state index in [9.17, 15) is 14.4 Å². The van der Waals surface area contributed by atoms with E-state index >= 15 is 0 Å². The van der Waals surface area contributed by atoms with Gasteiger partial charge < -0.3 is 33.2 Å². The first-order chi connectivity index (χ1) is 16.9. The first kappa shape index (κ1) is 24.7. The maximum atomic E-state index is 12.7. The molecule has 3 heterocycles. The number of benzene rings is 1. The molecule has 0 unspecified atom stereocenters. The molecule has 2 aliphatic rings. The van der Waals surface area contributed by atoms with E-state index in [-0.39, 0.29) is 18.0 Å². The number of ether oxygens (including phenoxy) is 7. The van der Waals surface area contributed by atoms with Gasteiger partial charge in [0, 0.05) is 19.6 Å². The van der Waals surface area contributed by atoms with Crippen LogP contribution in [-0.4, -0.2) is 85.4 Å². The molecule has 1 aromatic carbocycles. The Hall–Kier alpha value is -3.39. The molecule has 6 atom stereocenters. The SMILES string of the molecule is COC(=O)c1nnn([C@@H]2[C@@H](OC)O[C@@H]3CO[C@H](c4ccccc4)O[C@H]3[C@H]2OC(C)=O)c1C(=O)OC. The van der Waals surface area contributed by atoms with Gasteiger partial charge in [0.1, 0.15) is 18.2 Å². The molecular formula is C22H25N3O10. The number of hydrogen-bond donors (Lipinski definition) is 0. The van der Waals surface area contributed by atoms with Crippen LogP contribution < -0.4 is 0 Å². The molecule has 2 aliphatic heterocycles. The summed E-state index contributed by atoms with van der Waals surface area (Å²) >= 11 is 0. The third kappa shape index (κ3) is 4.75. The van der Waals surface area contributed by atoms with Crippen LogP contribution in [0.5, 0.6) is 0 Å². The first-order valence-electron chi connectivity index (χ1n) is 10.7. The zero-order valence-corrected chi connectivity index (χ0v) is 19.5. The normalized spacial score (nSPS) is 28.0. The number of nitrogens with zero attached hydrogens (tertiary/aromatic N) is 3. The lowest BCUT2D eigenvalue weighted by molar-refractivity contribution is -0.348. The molecule has 188 valence electrons. The Labute approximate surface area is 200 Å². The van der Waals surface area contributed by atoms with Crippen molar-refractivity contribution >= 4 is 17.9 Å². The van der Waals surface area contributed by atoms with Gasteiger partial charge in [-0.15, -0.1) is 5.10 Å². The van der Waals surface area contributed by atoms with E-state index in [1.165, 1.54) is 14.0 Å². The van der Waals surface area contributed by atoms with E-state index in [2.05, 4.69) is 10.3 Å². The summed E-state index contributed by atoms with van der Waals surface area (Å²) in [6.07, 6.45) is -4.44. The van der Waals surface area contributed by atoms with Gasteiger partial charge in [-0.1, -0.05) is 35.5 Å². The lowest BCUT2D eigenvalue weighted by atomic mass is 9.95. The van der Waals surface area contributed by atoms with Gasteiger partial charge in [-0.25, -0.2) is 14.3 Å². The molecule has 0 bridgehead atoms. The lowest BCUT2D eigenvalue weighted by Crippen LogP contribution is -2.61. The summed E-state index contributed by atoms with van der Waals surface area (Å²) in [5, 5.41) is 7.78. The van der Waals surface area contributed by atoms with Gasteiger partial charge in [-0.05, 0) is 0 Å². The van der Waals surface area contributed by atoms with Crippen LogP contribution in [0.25, 0.3) is 0 Å². The lowest BCUT2D eigenvalue weighted by Gasteiger charge is -2.48. The van der Waals surface area contributed by atoms with Crippen molar-refractivity contribution in [3.63, 3.8) is 0 Å². The monoisotopic (exact) mass is 491 g/mol. The summed E-state index contributed by atoms with van der Waals surface area (Å²) < 4.78 is 39.9. The van der Waals surface area contributed by atoms with Crippen LogP contribution in [-0.2, 0) is 38.0 Å². The van der Waals surface area contributed by atoms with Gasteiger partial charge >= 0.3 is 17.9 Å². The summed E-state index contributed by atoms with van der Waals surface area (Å²) in [5.74, 6) is -2.44. The third-order valence-corrected chi connectivity index (χ3v) is 5.65. The second-order valence-electron chi connectivity index (χ2n) is 7.73. The van der Waals surface area contributed by atoms with Gasteiger partial charge in [0.25, 0.3) is 0 Å². The molecule has 2 aromatic rings. The van der Waals surface area contributed by atoms with Crippen LogP contribution in [0.15, 0.2) is 30.3 Å². The number of esters is 3.